The zero-order valence-electron chi connectivity index (χ0n) is 13.6. The van der Waals surface area contributed by atoms with Crippen LogP contribution in [0.3, 0.4) is 0 Å². The van der Waals surface area contributed by atoms with Crippen LogP contribution in [0.5, 0.6) is 0 Å². The number of sulfonamides is 1. The van der Waals surface area contributed by atoms with Gasteiger partial charge in [-0.15, -0.1) is 0 Å². The van der Waals surface area contributed by atoms with E-state index in [-0.39, 0.29) is 23.8 Å². The van der Waals surface area contributed by atoms with Gasteiger partial charge in [0.25, 0.3) is 0 Å². The molecule has 0 bridgehead atoms. The molecule has 1 saturated heterocycles. The summed E-state index contributed by atoms with van der Waals surface area (Å²) in [6.07, 6.45) is 1.75. The number of benzene rings is 1. The van der Waals surface area contributed by atoms with Crippen LogP contribution in [0.2, 0.25) is 0 Å². The highest BCUT2D eigenvalue weighted by atomic mass is 32.2. The fourth-order valence-corrected chi connectivity index (χ4v) is 4.47. The number of nitrogens with zero attached hydrogens (tertiary/aromatic N) is 2. The second kappa shape index (κ2) is 7.76. The molecule has 24 heavy (non-hydrogen) atoms. The van der Waals surface area contributed by atoms with Gasteiger partial charge in [-0.1, -0.05) is 24.6 Å². The summed E-state index contributed by atoms with van der Waals surface area (Å²) in [6, 6.07) is 7.28. The van der Waals surface area contributed by atoms with Crippen molar-refractivity contribution < 1.29 is 23.1 Å². The average Bonchev–Trinajstić information content (AvgIpc) is 2.59. The van der Waals surface area contributed by atoms with E-state index in [1.54, 1.807) is 18.2 Å². The van der Waals surface area contributed by atoms with Crippen molar-refractivity contribution in [3.05, 3.63) is 30.3 Å². The third kappa shape index (κ3) is 4.12. The summed E-state index contributed by atoms with van der Waals surface area (Å²) in [5.41, 5.74) is 0. The van der Waals surface area contributed by atoms with Gasteiger partial charge in [-0.2, -0.15) is 4.31 Å². The summed E-state index contributed by atoms with van der Waals surface area (Å²) >= 11 is 0. The smallest absolute Gasteiger partial charge is 0.305 e. The van der Waals surface area contributed by atoms with Crippen LogP contribution in [0.15, 0.2) is 35.2 Å². The molecule has 7 nitrogen and oxygen atoms in total. The van der Waals surface area contributed by atoms with E-state index in [1.807, 2.05) is 0 Å². The summed E-state index contributed by atoms with van der Waals surface area (Å²) in [5, 5.41) is 8.74. The molecule has 1 aliphatic rings. The molecule has 0 aliphatic carbocycles. The molecule has 0 aromatic heterocycles. The molecule has 132 valence electrons. The number of carbonyl (C=O) groups excluding carboxylic acids is 1. The quantitative estimate of drug-likeness (QED) is 0.827. The maximum Gasteiger partial charge on any atom is 0.305 e. The number of hydrogen-bond acceptors (Lipinski definition) is 4. The van der Waals surface area contributed by atoms with Crippen molar-refractivity contribution >= 4 is 21.9 Å². The molecule has 1 fully saturated rings. The second-order valence-electron chi connectivity index (χ2n) is 5.84. The first kappa shape index (κ1) is 18.4. The first-order chi connectivity index (χ1) is 11.3. The first-order valence-corrected chi connectivity index (χ1v) is 9.31. The summed E-state index contributed by atoms with van der Waals surface area (Å²) < 4.78 is 27.0. The van der Waals surface area contributed by atoms with E-state index in [1.165, 1.54) is 28.4 Å². The Morgan fingerprint density at radius 1 is 1.25 bits per heavy atom. The first-order valence-electron chi connectivity index (χ1n) is 7.87. The molecule has 1 aromatic rings. The number of carboxylic acid groups (broad SMARTS) is 1. The molecule has 8 heteroatoms. The van der Waals surface area contributed by atoms with Crippen LogP contribution in [0, 0.1) is 0 Å². The zero-order valence-corrected chi connectivity index (χ0v) is 14.4. The fourth-order valence-electron chi connectivity index (χ4n) is 2.80. The zero-order chi connectivity index (χ0) is 17.7. The topological polar surface area (TPSA) is 95.0 Å². The molecular weight excluding hydrogens is 332 g/mol. The minimum absolute atomic E-state index is 0.0594. The van der Waals surface area contributed by atoms with Gasteiger partial charge < -0.3 is 10.0 Å². The Balaban J connectivity index is 2.21. The summed E-state index contributed by atoms with van der Waals surface area (Å²) in [7, 11) is -2.24. The Morgan fingerprint density at radius 2 is 1.92 bits per heavy atom. The standard InChI is InChI=1S/C16H22N2O5S/c1-17(12-10-15(19)20)16(21)14-9-5-6-11-18(14)24(22,23)13-7-3-2-4-8-13/h2-4,7-8,14H,5-6,9-12H2,1H3,(H,19,20). The molecule has 2 rings (SSSR count). The van der Waals surface area contributed by atoms with E-state index in [9.17, 15) is 18.0 Å². The molecule has 0 saturated carbocycles. The van der Waals surface area contributed by atoms with Gasteiger partial charge in [-0.05, 0) is 25.0 Å². The van der Waals surface area contributed by atoms with Crippen molar-refractivity contribution in [2.75, 3.05) is 20.1 Å². The van der Waals surface area contributed by atoms with E-state index in [0.29, 0.717) is 19.4 Å². The number of rotatable bonds is 6. The molecule has 0 spiro atoms. The Hall–Kier alpha value is -1.93. The minimum atomic E-state index is -3.75. The van der Waals surface area contributed by atoms with Crippen molar-refractivity contribution in [3.8, 4) is 0 Å². The maximum absolute atomic E-state index is 12.9. The lowest BCUT2D eigenvalue weighted by Gasteiger charge is -2.35. The summed E-state index contributed by atoms with van der Waals surface area (Å²) in [6.45, 7) is 0.351. The normalized spacial score (nSPS) is 19.0. The summed E-state index contributed by atoms with van der Waals surface area (Å²) in [5.74, 6) is -1.34. The lowest BCUT2D eigenvalue weighted by Crippen LogP contribution is -2.52. The highest BCUT2D eigenvalue weighted by molar-refractivity contribution is 7.89. The monoisotopic (exact) mass is 354 g/mol. The Morgan fingerprint density at radius 3 is 2.54 bits per heavy atom. The summed E-state index contributed by atoms with van der Waals surface area (Å²) in [4.78, 5) is 24.8. The van der Waals surface area contributed by atoms with Gasteiger partial charge in [0.05, 0.1) is 11.3 Å². The highest BCUT2D eigenvalue weighted by Gasteiger charge is 2.38. The third-order valence-electron chi connectivity index (χ3n) is 4.13. The van der Waals surface area contributed by atoms with E-state index < -0.39 is 22.0 Å². The lowest BCUT2D eigenvalue weighted by molar-refractivity contribution is -0.139. The fraction of sp³-hybridized carbons (Fsp3) is 0.500. The number of carbonyl (C=O) groups is 2. The minimum Gasteiger partial charge on any atom is -0.481 e. The second-order valence-corrected chi connectivity index (χ2v) is 7.73. The van der Waals surface area contributed by atoms with Crippen LogP contribution in [-0.4, -0.2) is 60.8 Å². The number of hydrogen-bond donors (Lipinski definition) is 1. The predicted octanol–water partition coefficient (Wildman–Crippen LogP) is 1.16. The molecule has 1 unspecified atom stereocenters. The molecule has 1 heterocycles. The molecule has 1 atom stereocenters. The molecule has 1 amide bonds. The Bertz CT molecular complexity index is 690. The maximum atomic E-state index is 12.9. The molecule has 1 aromatic carbocycles. The van der Waals surface area contributed by atoms with Crippen LogP contribution < -0.4 is 0 Å². The van der Waals surface area contributed by atoms with Gasteiger partial charge in [0.15, 0.2) is 0 Å². The van der Waals surface area contributed by atoms with Gasteiger partial charge in [0.2, 0.25) is 15.9 Å². The Kier molecular flexibility index (Phi) is 5.95. The van der Waals surface area contributed by atoms with Gasteiger partial charge in [-0.3, -0.25) is 9.59 Å². The van der Waals surface area contributed by atoms with Gasteiger partial charge in [0, 0.05) is 20.1 Å². The van der Waals surface area contributed by atoms with Crippen molar-refractivity contribution in [1.29, 1.82) is 0 Å². The van der Waals surface area contributed by atoms with Crippen LogP contribution in [-0.2, 0) is 19.6 Å². The number of aliphatic carboxylic acids is 1. The van der Waals surface area contributed by atoms with Crippen LogP contribution >= 0.6 is 0 Å². The van der Waals surface area contributed by atoms with E-state index in [2.05, 4.69) is 0 Å². The van der Waals surface area contributed by atoms with Gasteiger partial charge >= 0.3 is 5.97 Å². The molecule has 1 N–H and O–H groups in total. The van der Waals surface area contributed by atoms with E-state index >= 15 is 0 Å². The van der Waals surface area contributed by atoms with Crippen LogP contribution in [0.1, 0.15) is 25.7 Å². The lowest BCUT2D eigenvalue weighted by atomic mass is 10.0. The molecule has 0 radical (unpaired) electrons. The van der Waals surface area contributed by atoms with E-state index in [4.69, 9.17) is 5.11 Å². The number of carboxylic acids is 1. The van der Waals surface area contributed by atoms with Crippen molar-refractivity contribution in [1.82, 2.24) is 9.21 Å². The van der Waals surface area contributed by atoms with Crippen molar-refractivity contribution in [2.24, 2.45) is 0 Å². The highest BCUT2D eigenvalue weighted by Crippen LogP contribution is 2.26. The number of likely N-dealkylation sites (N-methyl/N-ethyl adjacent to an activating group) is 1. The SMILES string of the molecule is CN(CCC(=O)O)C(=O)C1CCCCN1S(=O)(=O)c1ccccc1. The van der Waals surface area contributed by atoms with E-state index in [0.717, 1.165) is 6.42 Å². The molecule has 1 aliphatic heterocycles. The van der Waals surface area contributed by atoms with Gasteiger partial charge in [-0.25, -0.2) is 8.42 Å². The van der Waals surface area contributed by atoms with Crippen LogP contribution in [0.25, 0.3) is 0 Å². The molecular formula is C16H22N2O5S. The third-order valence-corrected chi connectivity index (χ3v) is 6.05. The number of piperidine rings is 1. The van der Waals surface area contributed by atoms with Crippen molar-refractivity contribution in [3.63, 3.8) is 0 Å². The van der Waals surface area contributed by atoms with Crippen LogP contribution in [0.4, 0.5) is 0 Å². The predicted molar refractivity (Wildman–Crippen MR) is 87.9 cm³/mol. The largest absolute Gasteiger partial charge is 0.481 e. The average molecular weight is 354 g/mol. The van der Waals surface area contributed by atoms with Gasteiger partial charge in [0.1, 0.15) is 6.04 Å². The Labute approximate surface area is 141 Å². The number of amides is 1. The van der Waals surface area contributed by atoms with Crippen molar-refractivity contribution in [2.45, 2.75) is 36.6 Å².